The molecule has 2 aromatic carbocycles. The van der Waals surface area contributed by atoms with Gasteiger partial charge in [-0.2, -0.15) is 0 Å². The summed E-state index contributed by atoms with van der Waals surface area (Å²) >= 11 is 12.0. The monoisotopic (exact) mass is 442 g/mol. The summed E-state index contributed by atoms with van der Waals surface area (Å²) in [6, 6.07) is 16.4. The fourth-order valence-corrected chi connectivity index (χ4v) is 3.60. The maximum atomic E-state index is 12.2. The van der Waals surface area contributed by atoms with Crippen molar-refractivity contribution in [3.8, 4) is 17.0 Å². The zero-order valence-corrected chi connectivity index (χ0v) is 17.7. The Bertz CT molecular complexity index is 1020. The number of hydrogen-bond donors (Lipinski definition) is 1. The molecule has 0 aliphatic carbocycles. The number of ether oxygens (including phenoxy) is 1. The number of aromatic nitrogens is 2. The van der Waals surface area contributed by atoms with Crippen molar-refractivity contribution in [2.75, 3.05) is 29.9 Å². The highest BCUT2D eigenvalue weighted by atomic mass is 35.5. The second-order valence-corrected chi connectivity index (χ2v) is 7.72. The molecular weight excluding hydrogens is 423 g/mol. The van der Waals surface area contributed by atoms with E-state index in [1.54, 1.807) is 18.2 Å². The first kappa shape index (κ1) is 20.4. The topological polar surface area (TPSA) is 67.3 Å². The van der Waals surface area contributed by atoms with E-state index in [9.17, 15) is 4.79 Å². The molecule has 0 bridgehead atoms. The van der Waals surface area contributed by atoms with Crippen molar-refractivity contribution in [2.24, 2.45) is 0 Å². The van der Waals surface area contributed by atoms with Crippen molar-refractivity contribution in [3.63, 3.8) is 0 Å². The molecule has 0 atom stereocenters. The van der Waals surface area contributed by atoms with Crippen LogP contribution in [0.15, 0.2) is 54.6 Å². The van der Waals surface area contributed by atoms with Crippen molar-refractivity contribution in [1.82, 2.24) is 10.2 Å². The van der Waals surface area contributed by atoms with Gasteiger partial charge in [-0.15, -0.1) is 10.2 Å². The van der Waals surface area contributed by atoms with E-state index in [1.165, 1.54) is 12.8 Å². The second kappa shape index (κ2) is 9.32. The summed E-state index contributed by atoms with van der Waals surface area (Å²) in [5.41, 5.74) is 2.37. The summed E-state index contributed by atoms with van der Waals surface area (Å²) in [6.45, 7) is 1.90. The summed E-state index contributed by atoms with van der Waals surface area (Å²) in [7, 11) is 0. The molecule has 8 heteroatoms. The Morgan fingerprint density at radius 2 is 1.77 bits per heavy atom. The van der Waals surface area contributed by atoms with Gasteiger partial charge in [0.2, 0.25) is 0 Å². The molecule has 1 aliphatic heterocycles. The summed E-state index contributed by atoms with van der Waals surface area (Å²) in [5, 5.41) is 12.1. The molecule has 1 aliphatic rings. The van der Waals surface area contributed by atoms with Gasteiger partial charge in [0.15, 0.2) is 12.4 Å². The first-order valence-electron chi connectivity index (χ1n) is 9.66. The Morgan fingerprint density at radius 1 is 1.00 bits per heavy atom. The maximum Gasteiger partial charge on any atom is 0.262 e. The molecule has 4 rings (SSSR count). The molecule has 1 saturated heterocycles. The minimum Gasteiger partial charge on any atom is -0.482 e. The summed E-state index contributed by atoms with van der Waals surface area (Å²) in [5.74, 6) is 0.985. The number of carbonyl (C=O) groups excluding carboxylic acids is 1. The van der Waals surface area contributed by atoms with E-state index in [0.717, 1.165) is 30.2 Å². The van der Waals surface area contributed by atoms with Crippen LogP contribution in [0.2, 0.25) is 10.0 Å². The van der Waals surface area contributed by atoms with Gasteiger partial charge in [0.25, 0.3) is 5.91 Å². The minimum atomic E-state index is -0.298. The van der Waals surface area contributed by atoms with Crippen molar-refractivity contribution in [2.45, 2.75) is 12.8 Å². The molecule has 0 radical (unpaired) electrons. The van der Waals surface area contributed by atoms with Gasteiger partial charge >= 0.3 is 0 Å². The number of carbonyl (C=O) groups is 1. The van der Waals surface area contributed by atoms with Gasteiger partial charge in [0.05, 0.1) is 10.7 Å². The number of nitrogens with zero attached hydrogens (tertiary/aromatic N) is 3. The first-order valence-corrected chi connectivity index (χ1v) is 10.4. The van der Waals surface area contributed by atoms with Gasteiger partial charge in [0, 0.05) is 24.3 Å². The van der Waals surface area contributed by atoms with E-state index < -0.39 is 0 Å². The summed E-state index contributed by atoms with van der Waals surface area (Å²) in [6.07, 6.45) is 2.40. The third-order valence-electron chi connectivity index (χ3n) is 4.82. The number of rotatable bonds is 6. The largest absolute Gasteiger partial charge is 0.482 e. The van der Waals surface area contributed by atoms with Crippen LogP contribution in [-0.2, 0) is 4.79 Å². The van der Waals surface area contributed by atoms with Gasteiger partial charge in [-0.3, -0.25) is 4.79 Å². The number of nitrogens with one attached hydrogen (secondary N) is 1. The molecular formula is C22H20Cl2N4O2. The third kappa shape index (κ3) is 4.83. The SMILES string of the molecule is O=C(COc1cccc(Cl)c1Cl)Nc1ccc(-c2ccc(N3CCCC3)nn2)cc1. The number of hydrogen-bond acceptors (Lipinski definition) is 5. The fourth-order valence-electron chi connectivity index (χ4n) is 3.25. The van der Waals surface area contributed by atoms with Crippen LogP contribution >= 0.6 is 23.2 Å². The van der Waals surface area contributed by atoms with Crippen LogP contribution in [0.25, 0.3) is 11.3 Å². The van der Waals surface area contributed by atoms with Crippen LogP contribution < -0.4 is 15.0 Å². The van der Waals surface area contributed by atoms with Crippen LogP contribution in [0.3, 0.4) is 0 Å². The average Bonchev–Trinajstić information content (AvgIpc) is 3.30. The highest BCUT2D eigenvalue weighted by Crippen LogP contribution is 2.31. The zero-order valence-electron chi connectivity index (χ0n) is 16.1. The van der Waals surface area contributed by atoms with Crippen molar-refractivity contribution in [3.05, 3.63) is 64.6 Å². The Balaban J connectivity index is 1.34. The molecule has 0 saturated carbocycles. The van der Waals surface area contributed by atoms with Crippen LogP contribution in [-0.4, -0.2) is 35.8 Å². The van der Waals surface area contributed by atoms with E-state index in [4.69, 9.17) is 27.9 Å². The van der Waals surface area contributed by atoms with Gasteiger partial charge in [-0.1, -0.05) is 41.4 Å². The highest BCUT2D eigenvalue weighted by Gasteiger charge is 2.14. The number of amides is 1. The van der Waals surface area contributed by atoms with Crippen molar-refractivity contribution < 1.29 is 9.53 Å². The lowest BCUT2D eigenvalue weighted by Gasteiger charge is -2.15. The molecule has 1 aromatic heterocycles. The van der Waals surface area contributed by atoms with E-state index in [-0.39, 0.29) is 17.5 Å². The Hall–Kier alpha value is -2.83. The molecule has 30 heavy (non-hydrogen) atoms. The van der Waals surface area contributed by atoms with Crippen LogP contribution in [0.4, 0.5) is 11.5 Å². The van der Waals surface area contributed by atoms with Gasteiger partial charge < -0.3 is 15.0 Å². The van der Waals surface area contributed by atoms with Gasteiger partial charge in [-0.05, 0) is 49.2 Å². The summed E-state index contributed by atoms with van der Waals surface area (Å²) < 4.78 is 5.45. The molecule has 0 spiro atoms. The van der Waals surface area contributed by atoms with Crippen LogP contribution in [0, 0.1) is 0 Å². The third-order valence-corrected chi connectivity index (χ3v) is 5.62. The molecule has 6 nitrogen and oxygen atoms in total. The minimum absolute atomic E-state index is 0.175. The molecule has 1 amide bonds. The number of halogens is 2. The van der Waals surface area contributed by atoms with E-state index in [1.807, 2.05) is 36.4 Å². The molecule has 2 heterocycles. The number of anilines is 2. The van der Waals surface area contributed by atoms with Crippen molar-refractivity contribution in [1.29, 1.82) is 0 Å². The predicted molar refractivity (Wildman–Crippen MR) is 120 cm³/mol. The van der Waals surface area contributed by atoms with Gasteiger partial charge in [0.1, 0.15) is 10.8 Å². The smallest absolute Gasteiger partial charge is 0.262 e. The van der Waals surface area contributed by atoms with Crippen LogP contribution in [0.1, 0.15) is 12.8 Å². The first-order chi connectivity index (χ1) is 14.6. The average molecular weight is 443 g/mol. The predicted octanol–water partition coefficient (Wildman–Crippen LogP) is 5.07. The molecule has 154 valence electrons. The summed E-state index contributed by atoms with van der Waals surface area (Å²) in [4.78, 5) is 14.4. The molecule has 1 N–H and O–H groups in total. The normalized spacial score (nSPS) is 13.3. The fraction of sp³-hybridized carbons (Fsp3) is 0.227. The van der Waals surface area contributed by atoms with E-state index >= 15 is 0 Å². The molecule has 3 aromatic rings. The highest BCUT2D eigenvalue weighted by molar-refractivity contribution is 6.42. The van der Waals surface area contributed by atoms with Gasteiger partial charge in [-0.25, -0.2) is 0 Å². The Morgan fingerprint density at radius 3 is 2.47 bits per heavy atom. The Kier molecular flexibility index (Phi) is 6.35. The zero-order chi connectivity index (χ0) is 20.9. The van der Waals surface area contributed by atoms with E-state index in [2.05, 4.69) is 20.4 Å². The van der Waals surface area contributed by atoms with Crippen molar-refractivity contribution >= 4 is 40.6 Å². The molecule has 1 fully saturated rings. The maximum absolute atomic E-state index is 12.2. The lowest BCUT2D eigenvalue weighted by Crippen LogP contribution is -2.20. The quantitative estimate of drug-likeness (QED) is 0.577. The number of benzene rings is 2. The van der Waals surface area contributed by atoms with E-state index in [0.29, 0.717) is 16.5 Å². The standard InChI is InChI=1S/C22H20Cl2N4O2/c23-17-4-3-5-19(22(17)24)30-14-21(29)25-16-8-6-15(7-9-16)18-10-11-20(27-26-18)28-12-1-2-13-28/h3-11H,1-2,12-14H2,(H,25,29). The second-order valence-electron chi connectivity index (χ2n) is 6.94. The molecule has 0 unspecified atom stereocenters. The Labute approximate surface area is 184 Å². The lowest BCUT2D eigenvalue weighted by atomic mass is 10.1. The van der Waals surface area contributed by atoms with Crippen LogP contribution in [0.5, 0.6) is 5.75 Å². The lowest BCUT2D eigenvalue weighted by molar-refractivity contribution is -0.118.